The van der Waals surface area contributed by atoms with Crippen LogP contribution in [0.1, 0.15) is 5.56 Å². The zero-order valence-corrected chi connectivity index (χ0v) is 18.7. The summed E-state index contributed by atoms with van der Waals surface area (Å²) < 4.78 is 0. The molecule has 1 aliphatic rings. The SMILES string of the molecule is c1ccc(-c2[nH]c3ccccc3c2CCN2CCN(c3cc4ccccc4cn3)CC2)cc1. The first-order valence-electron chi connectivity index (χ1n) is 11.8. The number of aromatic amines is 1. The minimum atomic E-state index is 1.02. The molecule has 6 rings (SSSR count). The van der Waals surface area contributed by atoms with E-state index in [2.05, 4.69) is 99.7 Å². The summed E-state index contributed by atoms with van der Waals surface area (Å²) in [6, 6.07) is 30.1. The maximum Gasteiger partial charge on any atom is 0.129 e. The van der Waals surface area contributed by atoms with Gasteiger partial charge in [-0.2, -0.15) is 0 Å². The monoisotopic (exact) mass is 432 g/mol. The van der Waals surface area contributed by atoms with E-state index in [1.807, 2.05) is 6.20 Å². The molecule has 3 aromatic carbocycles. The fourth-order valence-electron chi connectivity index (χ4n) is 5.03. The van der Waals surface area contributed by atoms with Gasteiger partial charge in [-0.15, -0.1) is 0 Å². The Kier molecular flexibility index (Phi) is 5.29. The molecule has 164 valence electrons. The lowest BCUT2D eigenvalue weighted by Gasteiger charge is -2.35. The number of benzene rings is 3. The van der Waals surface area contributed by atoms with Crippen LogP contribution in [0.5, 0.6) is 0 Å². The summed E-state index contributed by atoms with van der Waals surface area (Å²) in [5, 5.41) is 3.81. The number of anilines is 1. The van der Waals surface area contributed by atoms with E-state index >= 15 is 0 Å². The molecule has 0 radical (unpaired) electrons. The summed E-state index contributed by atoms with van der Waals surface area (Å²) in [6.45, 7) is 5.24. The highest BCUT2D eigenvalue weighted by atomic mass is 15.3. The van der Waals surface area contributed by atoms with E-state index in [9.17, 15) is 0 Å². The highest BCUT2D eigenvalue weighted by Crippen LogP contribution is 2.31. The molecule has 1 saturated heterocycles. The van der Waals surface area contributed by atoms with Crippen molar-refractivity contribution in [3.63, 3.8) is 0 Å². The fraction of sp³-hybridized carbons (Fsp3) is 0.207. The van der Waals surface area contributed by atoms with Crippen molar-refractivity contribution in [1.29, 1.82) is 0 Å². The second-order valence-electron chi connectivity index (χ2n) is 8.86. The van der Waals surface area contributed by atoms with Crippen molar-refractivity contribution in [3.8, 4) is 11.3 Å². The van der Waals surface area contributed by atoms with Crippen LogP contribution in [0.3, 0.4) is 0 Å². The van der Waals surface area contributed by atoms with Crippen LogP contribution in [0, 0.1) is 0 Å². The number of nitrogens with zero attached hydrogens (tertiary/aromatic N) is 3. The van der Waals surface area contributed by atoms with Crippen LogP contribution < -0.4 is 4.90 Å². The van der Waals surface area contributed by atoms with E-state index < -0.39 is 0 Å². The molecule has 0 unspecified atom stereocenters. The van der Waals surface area contributed by atoms with Gasteiger partial charge >= 0.3 is 0 Å². The zero-order chi connectivity index (χ0) is 22.0. The van der Waals surface area contributed by atoms with Gasteiger partial charge in [0.15, 0.2) is 0 Å². The van der Waals surface area contributed by atoms with Crippen molar-refractivity contribution in [3.05, 3.63) is 96.7 Å². The van der Waals surface area contributed by atoms with Crippen LogP contribution >= 0.6 is 0 Å². The number of piperazine rings is 1. The van der Waals surface area contributed by atoms with Gasteiger partial charge in [0.1, 0.15) is 5.82 Å². The van der Waals surface area contributed by atoms with Gasteiger partial charge in [-0.3, -0.25) is 4.90 Å². The van der Waals surface area contributed by atoms with Crippen molar-refractivity contribution < 1.29 is 0 Å². The molecule has 0 spiro atoms. The summed E-state index contributed by atoms with van der Waals surface area (Å²) in [7, 11) is 0. The molecule has 3 heterocycles. The summed E-state index contributed by atoms with van der Waals surface area (Å²) in [4.78, 5) is 13.4. The molecule has 4 nitrogen and oxygen atoms in total. The first-order chi connectivity index (χ1) is 16.3. The molecule has 0 atom stereocenters. The van der Waals surface area contributed by atoms with Gasteiger partial charge in [0, 0.05) is 60.9 Å². The number of hydrogen-bond donors (Lipinski definition) is 1. The first kappa shape index (κ1) is 20.0. The molecule has 0 bridgehead atoms. The van der Waals surface area contributed by atoms with Gasteiger partial charge in [-0.25, -0.2) is 4.98 Å². The molecular formula is C29H28N4. The zero-order valence-electron chi connectivity index (χ0n) is 18.7. The second kappa shape index (κ2) is 8.72. The average molecular weight is 433 g/mol. The lowest BCUT2D eigenvalue weighted by atomic mass is 10.0. The number of pyridine rings is 1. The number of hydrogen-bond acceptors (Lipinski definition) is 3. The molecule has 0 aliphatic carbocycles. The highest BCUT2D eigenvalue weighted by molar-refractivity contribution is 5.90. The largest absolute Gasteiger partial charge is 0.354 e. The van der Waals surface area contributed by atoms with Gasteiger partial charge < -0.3 is 9.88 Å². The topological polar surface area (TPSA) is 35.2 Å². The molecule has 0 amide bonds. The van der Waals surface area contributed by atoms with E-state index in [1.165, 1.54) is 38.5 Å². The maximum atomic E-state index is 4.72. The Bertz CT molecular complexity index is 1380. The Morgan fingerprint density at radius 3 is 2.33 bits per heavy atom. The molecule has 1 N–H and O–H groups in total. The van der Waals surface area contributed by atoms with Gasteiger partial charge in [0.2, 0.25) is 0 Å². The number of rotatable bonds is 5. The Labute approximate surface area is 194 Å². The normalized spacial score (nSPS) is 14.8. The quantitative estimate of drug-likeness (QED) is 0.384. The molecule has 1 aliphatic heterocycles. The Hall–Kier alpha value is -3.63. The lowest BCUT2D eigenvalue weighted by molar-refractivity contribution is 0.261. The molecule has 4 heteroatoms. The maximum absolute atomic E-state index is 4.72. The third kappa shape index (κ3) is 3.98. The standard InChI is InChI=1S/C29H28N4/c1-2-8-22(9-3-1)29-26(25-12-6-7-13-27(25)31-29)14-15-32-16-18-33(19-17-32)28-20-23-10-4-5-11-24(23)21-30-28/h1-13,20-21,31H,14-19H2. The van der Waals surface area contributed by atoms with Crippen LogP contribution in [0.15, 0.2) is 91.1 Å². The predicted molar refractivity (Wildman–Crippen MR) is 138 cm³/mol. The summed E-state index contributed by atoms with van der Waals surface area (Å²) in [6.07, 6.45) is 3.04. The molecule has 5 aromatic rings. The summed E-state index contributed by atoms with van der Waals surface area (Å²) in [5.74, 6) is 1.09. The number of H-pyrrole nitrogens is 1. The first-order valence-corrected chi connectivity index (χ1v) is 11.8. The van der Waals surface area contributed by atoms with Crippen LogP contribution in [-0.2, 0) is 6.42 Å². The number of nitrogens with one attached hydrogen (secondary N) is 1. The third-order valence-corrected chi connectivity index (χ3v) is 6.87. The summed E-state index contributed by atoms with van der Waals surface area (Å²) in [5.41, 5.74) is 5.17. The molecule has 2 aromatic heterocycles. The Morgan fingerprint density at radius 1 is 0.758 bits per heavy atom. The predicted octanol–water partition coefficient (Wildman–Crippen LogP) is 5.75. The Balaban J connectivity index is 1.16. The van der Waals surface area contributed by atoms with Crippen LogP contribution in [0.2, 0.25) is 0 Å². The van der Waals surface area contributed by atoms with E-state index in [1.54, 1.807) is 0 Å². The van der Waals surface area contributed by atoms with Crippen molar-refractivity contribution >= 4 is 27.5 Å². The lowest BCUT2D eigenvalue weighted by Crippen LogP contribution is -2.47. The average Bonchev–Trinajstić information content (AvgIpc) is 3.26. The van der Waals surface area contributed by atoms with E-state index in [0.717, 1.165) is 45.0 Å². The molecule has 0 saturated carbocycles. The van der Waals surface area contributed by atoms with Gasteiger partial charge in [-0.05, 0) is 35.1 Å². The van der Waals surface area contributed by atoms with Gasteiger partial charge in [-0.1, -0.05) is 72.8 Å². The van der Waals surface area contributed by atoms with E-state index in [4.69, 9.17) is 4.98 Å². The molecule has 1 fully saturated rings. The number of para-hydroxylation sites is 1. The fourth-order valence-corrected chi connectivity index (χ4v) is 5.03. The van der Waals surface area contributed by atoms with Crippen molar-refractivity contribution in [2.45, 2.75) is 6.42 Å². The van der Waals surface area contributed by atoms with Crippen LogP contribution in [0.25, 0.3) is 32.9 Å². The van der Waals surface area contributed by atoms with Gasteiger partial charge in [0.05, 0.1) is 0 Å². The van der Waals surface area contributed by atoms with Gasteiger partial charge in [0.25, 0.3) is 0 Å². The van der Waals surface area contributed by atoms with E-state index in [0.29, 0.717) is 0 Å². The number of aromatic nitrogens is 2. The highest BCUT2D eigenvalue weighted by Gasteiger charge is 2.20. The summed E-state index contributed by atoms with van der Waals surface area (Å²) >= 11 is 0. The Morgan fingerprint density at radius 2 is 1.48 bits per heavy atom. The second-order valence-corrected chi connectivity index (χ2v) is 8.86. The van der Waals surface area contributed by atoms with Crippen molar-refractivity contribution in [2.24, 2.45) is 0 Å². The van der Waals surface area contributed by atoms with Crippen molar-refractivity contribution in [2.75, 3.05) is 37.6 Å². The minimum Gasteiger partial charge on any atom is -0.354 e. The molecular weight excluding hydrogens is 404 g/mol. The van der Waals surface area contributed by atoms with E-state index in [-0.39, 0.29) is 0 Å². The smallest absolute Gasteiger partial charge is 0.129 e. The number of fused-ring (bicyclic) bond motifs is 2. The van der Waals surface area contributed by atoms with Crippen LogP contribution in [0.4, 0.5) is 5.82 Å². The third-order valence-electron chi connectivity index (χ3n) is 6.87. The van der Waals surface area contributed by atoms with Crippen LogP contribution in [-0.4, -0.2) is 47.6 Å². The molecule has 33 heavy (non-hydrogen) atoms. The van der Waals surface area contributed by atoms with Crippen molar-refractivity contribution in [1.82, 2.24) is 14.9 Å². The minimum absolute atomic E-state index is 1.02.